The molecule has 0 amide bonds. The Morgan fingerprint density at radius 3 is 2.59 bits per heavy atom. The maximum Gasteiger partial charge on any atom is 0.231 e. The molecule has 0 N–H and O–H groups in total. The van der Waals surface area contributed by atoms with Crippen LogP contribution in [0.5, 0.6) is 11.5 Å². The molecule has 4 aliphatic rings. The second kappa shape index (κ2) is 6.77. The summed E-state index contributed by atoms with van der Waals surface area (Å²) in [6, 6.07) is 6.08. The summed E-state index contributed by atoms with van der Waals surface area (Å²) < 4.78 is 34.3. The molecule has 6 heteroatoms. The largest absolute Gasteiger partial charge is 0.493 e. The van der Waals surface area contributed by atoms with Gasteiger partial charge in [-0.1, -0.05) is 6.07 Å². The van der Waals surface area contributed by atoms with Crippen LogP contribution in [0.15, 0.2) is 41.9 Å². The molecule has 0 aromatic heterocycles. The van der Waals surface area contributed by atoms with Crippen molar-refractivity contribution in [1.82, 2.24) is 0 Å². The van der Waals surface area contributed by atoms with Crippen molar-refractivity contribution in [2.24, 2.45) is 17.8 Å². The zero-order valence-corrected chi connectivity index (χ0v) is 15.6. The summed E-state index contributed by atoms with van der Waals surface area (Å²) >= 11 is 0. The van der Waals surface area contributed by atoms with Crippen LogP contribution < -0.4 is 9.47 Å². The van der Waals surface area contributed by atoms with Crippen molar-refractivity contribution in [3.05, 3.63) is 47.4 Å². The summed E-state index contributed by atoms with van der Waals surface area (Å²) in [5, 5.41) is 0. The van der Waals surface area contributed by atoms with Gasteiger partial charge in [0.25, 0.3) is 0 Å². The van der Waals surface area contributed by atoms with Gasteiger partial charge < -0.3 is 28.4 Å². The van der Waals surface area contributed by atoms with E-state index in [1.165, 1.54) is 0 Å². The zero-order valence-electron chi connectivity index (χ0n) is 15.6. The molecule has 1 unspecified atom stereocenters. The summed E-state index contributed by atoms with van der Waals surface area (Å²) in [5.41, 5.74) is 1.13. The third kappa shape index (κ3) is 2.78. The highest BCUT2D eigenvalue weighted by Gasteiger charge is 2.50. The highest BCUT2D eigenvalue weighted by Crippen LogP contribution is 2.49. The van der Waals surface area contributed by atoms with E-state index in [0.29, 0.717) is 25.0 Å². The Kier molecular flexibility index (Phi) is 4.25. The lowest BCUT2D eigenvalue weighted by atomic mass is 9.80. The van der Waals surface area contributed by atoms with E-state index >= 15 is 0 Å². The van der Waals surface area contributed by atoms with Crippen LogP contribution in [0, 0.1) is 17.8 Å². The van der Waals surface area contributed by atoms with Crippen molar-refractivity contribution < 1.29 is 28.4 Å². The van der Waals surface area contributed by atoms with Crippen molar-refractivity contribution >= 4 is 0 Å². The van der Waals surface area contributed by atoms with Gasteiger partial charge in [-0.15, -0.1) is 0 Å². The minimum absolute atomic E-state index is 0.0362. The lowest BCUT2D eigenvalue weighted by molar-refractivity contribution is 0.00389. The van der Waals surface area contributed by atoms with Gasteiger partial charge in [-0.2, -0.15) is 0 Å². The van der Waals surface area contributed by atoms with Crippen LogP contribution in [0.4, 0.5) is 0 Å². The van der Waals surface area contributed by atoms with Gasteiger partial charge in [-0.05, 0) is 36.3 Å². The molecule has 5 rings (SSSR count). The molecule has 2 saturated heterocycles. The molecule has 0 saturated carbocycles. The number of fused-ring (bicyclic) bond motifs is 2. The molecule has 0 radical (unpaired) electrons. The maximum atomic E-state index is 6.26. The second-order valence-corrected chi connectivity index (χ2v) is 7.40. The summed E-state index contributed by atoms with van der Waals surface area (Å²) in [4.78, 5) is 0. The topological polar surface area (TPSA) is 55.4 Å². The monoisotopic (exact) mass is 372 g/mol. The molecule has 2 fully saturated rings. The van der Waals surface area contributed by atoms with Crippen molar-refractivity contribution in [2.45, 2.75) is 18.6 Å². The van der Waals surface area contributed by atoms with Gasteiger partial charge in [-0.25, -0.2) is 0 Å². The molecule has 0 bridgehead atoms. The van der Waals surface area contributed by atoms with E-state index in [-0.39, 0.29) is 24.9 Å². The summed E-state index contributed by atoms with van der Waals surface area (Å²) in [7, 11) is 3.34. The predicted octanol–water partition coefficient (Wildman–Crippen LogP) is 3.20. The van der Waals surface area contributed by atoms with E-state index in [9.17, 15) is 0 Å². The fourth-order valence-electron chi connectivity index (χ4n) is 4.73. The zero-order chi connectivity index (χ0) is 18.4. The molecular formula is C21H24O6. The van der Waals surface area contributed by atoms with E-state index in [2.05, 4.69) is 18.2 Å². The molecule has 3 heterocycles. The quantitative estimate of drug-likeness (QED) is 0.809. The van der Waals surface area contributed by atoms with Crippen LogP contribution in [0.1, 0.15) is 18.1 Å². The molecule has 0 spiro atoms. The van der Waals surface area contributed by atoms with Crippen LogP contribution >= 0.6 is 0 Å². The van der Waals surface area contributed by atoms with Crippen molar-refractivity contribution in [3.63, 3.8) is 0 Å². The highest BCUT2D eigenvalue weighted by molar-refractivity contribution is 5.45. The normalized spacial score (nSPS) is 34.1. The molecule has 5 atom stereocenters. The summed E-state index contributed by atoms with van der Waals surface area (Å²) in [6.45, 7) is 1.71. The fraction of sp³-hybridized carbons (Fsp3) is 0.524. The molecule has 27 heavy (non-hydrogen) atoms. The third-order valence-electron chi connectivity index (χ3n) is 6.08. The van der Waals surface area contributed by atoms with Crippen molar-refractivity contribution in [1.29, 1.82) is 0 Å². The van der Waals surface area contributed by atoms with E-state index in [1.807, 2.05) is 12.1 Å². The Bertz CT molecular complexity index is 785. The summed E-state index contributed by atoms with van der Waals surface area (Å²) in [5.74, 6) is 4.17. The average molecular weight is 372 g/mol. The lowest BCUT2D eigenvalue weighted by Gasteiger charge is -2.27. The number of ether oxygens (including phenoxy) is 6. The van der Waals surface area contributed by atoms with Gasteiger partial charge in [0.1, 0.15) is 0 Å². The summed E-state index contributed by atoms with van der Waals surface area (Å²) in [6.07, 6.45) is 5.28. The molecule has 6 nitrogen and oxygen atoms in total. The van der Waals surface area contributed by atoms with E-state index in [1.54, 1.807) is 14.2 Å². The van der Waals surface area contributed by atoms with Crippen LogP contribution in [-0.4, -0.2) is 40.3 Å². The Balaban J connectivity index is 1.33. The number of hydrogen-bond donors (Lipinski definition) is 0. The first-order valence-corrected chi connectivity index (χ1v) is 9.41. The minimum Gasteiger partial charge on any atom is -0.493 e. The molecule has 3 aliphatic heterocycles. The molecule has 1 aromatic rings. The van der Waals surface area contributed by atoms with Crippen LogP contribution in [0.2, 0.25) is 0 Å². The van der Waals surface area contributed by atoms with Gasteiger partial charge in [-0.3, -0.25) is 0 Å². The third-order valence-corrected chi connectivity index (χ3v) is 6.08. The number of allylic oxidation sites excluding steroid dienone is 1. The molecule has 1 aliphatic carbocycles. The first-order valence-electron chi connectivity index (χ1n) is 9.41. The number of hydrogen-bond acceptors (Lipinski definition) is 6. The van der Waals surface area contributed by atoms with E-state index in [0.717, 1.165) is 35.0 Å². The lowest BCUT2D eigenvalue weighted by Crippen LogP contribution is -2.29. The number of benzene rings is 1. The smallest absolute Gasteiger partial charge is 0.231 e. The fourth-order valence-corrected chi connectivity index (χ4v) is 4.73. The van der Waals surface area contributed by atoms with Crippen molar-refractivity contribution in [2.75, 3.05) is 34.2 Å². The van der Waals surface area contributed by atoms with E-state index < -0.39 is 0 Å². The predicted molar refractivity (Wildman–Crippen MR) is 96.3 cm³/mol. The highest BCUT2D eigenvalue weighted by atomic mass is 16.7. The van der Waals surface area contributed by atoms with Crippen molar-refractivity contribution in [3.8, 4) is 11.5 Å². The SMILES string of the molecule is COC1=CCC([C@@H]2OC[C@H]3[C@@H]2CO[C@@H]3c2ccc3c(c2)OCO3)C=C1OC. The van der Waals surface area contributed by atoms with Crippen LogP contribution in [0.3, 0.4) is 0 Å². The molecule has 144 valence electrons. The Morgan fingerprint density at radius 2 is 1.74 bits per heavy atom. The number of methoxy groups -OCH3 is 2. The molecule has 1 aromatic carbocycles. The van der Waals surface area contributed by atoms with Gasteiger partial charge in [0, 0.05) is 17.8 Å². The number of rotatable bonds is 4. The van der Waals surface area contributed by atoms with Gasteiger partial charge in [0.15, 0.2) is 23.0 Å². The Hall–Kier alpha value is -2.18. The standard InChI is InChI=1S/C21H24O6/c1-22-16-5-3-12(7-18(16)23-2)20-14-9-25-21(15(14)10-24-20)13-4-6-17-19(8-13)27-11-26-17/h4-8,12,14-15,20-21H,3,9-11H2,1-2H3/t12?,14-,15-,20-,21+/m0/s1. The average Bonchev–Trinajstić information content (AvgIpc) is 3.42. The van der Waals surface area contributed by atoms with E-state index in [4.69, 9.17) is 28.4 Å². The van der Waals surface area contributed by atoms with Crippen LogP contribution in [0.25, 0.3) is 0 Å². The first kappa shape index (κ1) is 17.0. The van der Waals surface area contributed by atoms with Gasteiger partial charge >= 0.3 is 0 Å². The Labute approximate surface area is 158 Å². The second-order valence-electron chi connectivity index (χ2n) is 7.40. The minimum atomic E-state index is 0.0362. The van der Waals surface area contributed by atoms with Gasteiger partial charge in [0.2, 0.25) is 6.79 Å². The van der Waals surface area contributed by atoms with Gasteiger partial charge in [0.05, 0.1) is 39.6 Å². The molecular weight excluding hydrogens is 348 g/mol. The maximum absolute atomic E-state index is 6.26. The Morgan fingerprint density at radius 1 is 0.926 bits per heavy atom. The first-order chi connectivity index (χ1) is 13.3. The van der Waals surface area contributed by atoms with Crippen LogP contribution in [-0.2, 0) is 18.9 Å².